The van der Waals surface area contributed by atoms with Gasteiger partial charge in [-0.15, -0.1) is 0 Å². The summed E-state index contributed by atoms with van der Waals surface area (Å²) in [5, 5.41) is 0. The second-order valence-electron chi connectivity index (χ2n) is 3.46. The molecule has 1 heterocycles. The smallest absolute Gasteiger partial charge is 0.0367 e. The first-order valence-electron chi connectivity index (χ1n) is 4.34. The summed E-state index contributed by atoms with van der Waals surface area (Å²) in [5.41, 5.74) is 1.22. The van der Waals surface area contributed by atoms with Crippen LogP contribution in [-0.4, -0.2) is 8.80 Å². The third kappa shape index (κ3) is 1.82. The van der Waals surface area contributed by atoms with Crippen LogP contribution in [0.25, 0.3) is 0 Å². The molecule has 0 aromatic carbocycles. The van der Waals surface area contributed by atoms with Crippen molar-refractivity contribution in [1.82, 2.24) is 0 Å². The highest BCUT2D eigenvalue weighted by atomic mass is 28.3. The predicted octanol–water partition coefficient (Wildman–Crippen LogP) is 2.81. The Bertz CT molecular complexity index is 80.6. The third-order valence-electron chi connectivity index (χ3n) is 2.70. The molecule has 9 heavy (non-hydrogen) atoms. The average Bonchev–Trinajstić information content (AvgIpc) is 2.18. The zero-order chi connectivity index (χ0) is 6.69. The standard InChI is InChI=1S/C8H18Si/c1-3-5-8-6-4-7-9(8)2/h8-9H,3-7H2,1-2H3. The van der Waals surface area contributed by atoms with Crippen molar-refractivity contribution in [2.45, 2.75) is 50.7 Å². The quantitative estimate of drug-likeness (QED) is 0.520. The lowest BCUT2D eigenvalue weighted by atomic mass is 10.2. The minimum absolute atomic E-state index is 0.182. The number of hydrogen-bond acceptors (Lipinski definition) is 0. The van der Waals surface area contributed by atoms with E-state index < -0.39 is 0 Å². The largest absolute Gasteiger partial charge is 0.0718 e. The van der Waals surface area contributed by atoms with E-state index in [2.05, 4.69) is 13.5 Å². The van der Waals surface area contributed by atoms with Gasteiger partial charge in [0.1, 0.15) is 0 Å². The topological polar surface area (TPSA) is 0 Å². The van der Waals surface area contributed by atoms with E-state index in [1.165, 1.54) is 18.4 Å². The van der Waals surface area contributed by atoms with Gasteiger partial charge in [0.2, 0.25) is 0 Å². The Morgan fingerprint density at radius 2 is 2.33 bits per heavy atom. The second-order valence-corrected chi connectivity index (χ2v) is 6.93. The summed E-state index contributed by atoms with van der Waals surface area (Å²) in [6, 6.07) is 1.63. The summed E-state index contributed by atoms with van der Waals surface area (Å²) in [5.74, 6) is 0. The molecule has 0 aromatic rings. The van der Waals surface area contributed by atoms with E-state index in [0.29, 0.717) is 0 Å². The van der Waals surface area contributed by atoms with E-state index >= 15 is 0 Å². The Hall–Kier alpha value is 0.217. The van der Waals surface area contributed by atoms with Crippen LogP contribution >= 0.6 is 0 Å². The lowest BCUT2D eigenvalue weighted by molar-refractivity contribution is 0.682. The van der Waals surface area contributed by atoms with Crippen LogP contribution < -0.4 is 0 Å². The van der Waals surface area contributed by atoms with Crippen molar-refractivity contribution in [3.63, 3.8) is 0 Å². The van der Waals surface area contributed by atoms with E-state index in [4.69, 9.17) is 0 Å². The molecule has 1 aliphatic heterocycles. The van der Waals surface area contributed by atoms with Gasteiger partial charge in [-0.2, -0.15) is 0 Å². The maximum atomic E-state index is 2.55. The minimum Gasteiger partial charge on any atom is -0.0718 e. The van der Waals surface area contributed by atoms with Crippen molar-refractivity contribution in [2.75, 3.05) is 0 Å². The molecular weight excluding hydrogens is 124 g/mol. The fraction of sp³-hybridized carbons (Fsp3) is 1.00. The van der Waals surface area contributed by atoms with Gasteiger partial charge in [-0.05, 0) is 5.54 Å². The van der Waals surface area contributed by atoms with Crippen LogP contribution in [0.2, 0.25) is 18.1 Å². The zero-order valence-corrected chi connectivity index (χ0v) is 7.84. The van der Waals surface area contributed by atoms with E-state index in [9.17, 15) is 0 Å². The van der Waals surface area contributed by atoms with Crippen molar-refractivity contribution in [1.29, 1.82) is 0 Å². The maximum Gasteiger partial charge on any atom is 0.0367 e. The van der Waals surface area contributed by atoms with Gasteiger partial charge in [0.25, 0.3) is 0 Å². The molecule has 0 aliphatic carbocycles. The summed E-state index contributed by atoms with van der Waals surface area (Å²) in [4.78, 5) is 0. The number of hydrogen-bond donors (Lipinski definition) is 0. The van der Waals surface area contributed by atoms with Crippen LogP contribution in [0.3, 0.4) is 0 Å². The molecule has 54 valence electrons. The zero-order valence-electron chi connectivity index (χ0n) is 6.69. The molecule has 1 saturated heterocycles. The van der Waals surface area contributed by atoms with Gasteiger partial charge in [-0.25, -0.2) is 0 Å². The normalized spacial score (nSPS) is 35.3. The predicted molar refractivity (Wildman–Crippen MR) is 45.7 cm³/mol. The maximum absolute atomic E-state index is 2.55. The average molecular weight is 142 g/mol. The van der Waals surface area contributed by atoms with Gasteiger partial charge < -0.3 is 0 Å². The Labute approximate surface area is 60.3 Å². The lowest BCUT2D eigenvalue weighted by Crippen LogP contribution is -2.07. The molecule has 0 radical (unpaired) electrons. The van der Waals surface area contributed by atoms with Crippen LogP contribution in [-0.2, 0) is 0 Å². The Morgan fingerprint density at radius 1 is 1.56 bits per heavy atom. The first-order valence-corrected chi connectivity index (χ1v) is 6.98. The molecule has 0 nitrogen and oxygen atoms in total. The van der Waals surface area contributed by atoms with Crippen molar-refractivity contribution in [3.8, 4) is 0 Å². The van der Waals surface area contributed by atoms with Crippen molar-refractivity contribution < 1.29 is 0 Å². The van der Waals surface area contributed by atoms with Crippen LogP contribution in [0.4, 0.5) is 0 Å². The monoisotopic (exact) mass is 142 g/mol. The minimum atomic E-state index is -0.182. The summed E-state index contributed by atoms with van der Waals surface area (Å²) in [7, 11) is -0.182. The van der Waals surface area contributed by atoms with E-state index in [1.54, 1.807) is 18.9 Å². The molecule has 0 amide bonds. The molecule has 1 rings (SSSR count). The molecule has 0 aromatic heterocycles. The lowest BCUT2D eigenvalue weighted by Gasteiger charge is -2.11. The van der Waals surface area contributed by atoms with Crippen LogP contribution in [0.5, 0.6) is 0 Å². The van der Waals surface area contributed by atoms with E-state index in [-0.39, 0.29) is 8.80 Å². The van der Waals surface area contributed by atoms with Gasteiger partial charge in [0.05, 0.1) is 0 Å². The van der Waals surface area contributed by atoms with Crippen molar-refractivity contribution >= 4 is 8.80 Å². The molecule has 0 N–H and O–H groups in total. The Kier molecular flexibility index (Phi) is 2.77. The van der Waals surface area contributed by atoms with Gasteiger partial charge in [-0.3, -0.25) is 0 Å². The van der Waals surface area contributed by atoms with Crippen molar-refractivity contribution in [3.05, 3.63) is 0 Å². The van der Waals surface area contributed by atoms with Gasteiger partial charge in [0, 0.05) is 8.80 Å². The summed E-state index contributed by atoms with van der Waals surface area (Å²) in [6.45, 7) is 4.87. The molecule has 1 aliphatic rings. The molecule has 0 bridgehead atoms. The third-order valence-corrected chi connectivity index (χ3v) is 6.29. The van der Waals surface area contributed by atoms with E-state index in [0.717, 1.165) is 0 Å². The molecule has 0 spiro atoms. The highest BCUT2D eigenvalue weighted by Crippen LogP contribution is 2.33. The van der Waals surface area contributed by atoms with E-state index in [1.807, 2.05) is 0 Å². The van der Waals surface area contributed by atoms with Crippen molar-refractivity contribution in [2.24, 2.45) is 0 Å². The van der Waals surface area contributed by atoms with Crippen LogP contribution in [0, 0.1) is 0 Å². The van der Waals surface area contributed by atoms with Gasteiger partial charge in [-0.1, -0.05) is 45.2 Å². The molecule has 2 atom stereocenters. The Morgan fingerprint density at radius 3 is 2.78 bits per heavy atom. The fourth-order valence-electron chi connectivity index (χ4n) is 2.02. The molecule has 2 unspecified atom stereocenters. The SMILES string of the molecule is CCCC1CCC[SiH]1C. The van der Waals surface area contributed by atoms with Gasteiger partial charge >= 0.3 is 0 Å². The van der Waals surface area contributed by atoms with Crippen LogP contribution in [0.15, 0.2) is 0 Å². The Balaban J connectivity index is 2.22. The molecule has 1 heteroatoms. The highest BCUT2D eigenvalue weighted by molar-refractivity contribution is 6.59. The first-order chi connectivity index (χ1) is 4.34. The highest BCUT2D eigenvalue weighted by Gasteiger charge is 2.22. The molecular formula is C8H18Si. The fourth-order valence-corrected chi connectivity index (χ4v) is 5.08. The summed E-state index contributed by atoms with van der Waals surface area (Å²) >= 11 is 0. The van der Waals surface area contributed by atoms with Gasteiger partial charge in [0.15, 0.2) is 0 Å². The van der Waals surface area contributed by atoms with Crippen LogP contribution in [0.1, 0.15) is 32.6 Å². The molecule has 1 fully saturated rings. The number of rotatable bonds is 2. The molecule has 0 saturated carbocycles. The summed E-state index contributed by atoms with van der Waals surface area (Å²) in [6.07, 6.45) is 6.08. The second kappa shape index (κ2) is 3.40. The summed E-state index contributed by atoms with van der Waals surface area (Å²) < 4.78 is 0. The first kappa shape index (κ1) is 7.33.